The van der Waals surface area contributed by atoms with Crippen LogP contribution in [0.15, 0.2) is 63.6 Å². The number of halogens is 1. The lowest BCUT2D eigenvalue weighted by molar-refractivity contribution is 0.0932. The Labute approximate surface area is 172 Å². The number of carbonyl (C=O) groups excluding carboxylic acids is 1. The lowest BCUT2D eigenvalue weighted by atomic mass is 10.0. The lowest BCUT2D eigenvalue weighted by Crippen LogP contribution is -2.34. The van der Waals surface area contributed by atoms with E-state index in [0.717, 1.165) is 21.3 Å². The number of hydrogen-bond acceptors (Lipinski definition) is 5. The zero-order valence-corrected chi connectivity index (χ0v) is 17.6. The fourth-order valence-corrected chi connectivity index (χ4v) is 3.19. The summed E-state index contributed by atoms with van der Waals surface area (Å²) in [7, 11) is 5.57. The van der Waals surface area contributed by atoms with Crippen LogP contribution in [0.2, 0.25) is 0 Å². The molecule has 0 aliphatic rings. The van der Waals surface area contributed by atoms with Crippen molar-refractivity contribution in [2.45, 2.75) is 6.04 Å². The molecule has 28 heavy (non-hydrogen) atoms. The highest BCUT2D eigenvalue weighted by atomic mass is 79.9. The molecule has 3 rings (SSSR count). The van der Waals surface area contributed by atoms with Gasteiger partial charge in [-0.1, -0.05) is 51.4 Å². The number of methoxy groups -OCH3 is 1. The Morgan fingerprint density at radius 3 is 2.61 bits per heavy atom. The number of para-hydroxylation sites is 1. The fourth-order valence-electron chi connectivity index (χ4n) is 2.92. The quantitative estimate of drug-likeness (QED) is 0.593. The van der Waals surface area contributed by atoms with Crippen molar-refractivity contribution in [3.05, 3.63) is 70.3 Å². The Hall–Kier alpha value is -2.64. The molecule has 1 heterocycles. The highest BCUT2D eigenvalue weighted by Crippen LogP contribution is 2.27. The number of nitrogens with one attached hydrogen (secondary N) is 1. The van der Waals surface area contributed by atoms with Gasteiger partial charge >= 0.3 is 0 Å². The van der Waals surface area contributed by atoms with Gasteiger partial charge in [0.15, 0.2) is 11.5 Å². The Morgan fingerprint density at radius 1 is 1.21 bits per heavy atom. The first-order valence-electron chi connectivity index (χ1n) is 8.79. The van der Waals surface area contributed by atoms with E-state index in [1.165, 1.54) is 0 Å². The topological polar surface area (TPSA) is 67.6 Å². The van der Waals surface area contributed by atoms with Crippen LogP contribution in [0.3, 0.4) is 0 Å². The van der Waals surface area contributed by atoms with Gasteiger partial charge in [-0.2, -0.15) is 0 Å². The molecule has 0 saturated heterocycles. The average Bonchev–Trinajstić information content (AvgIpc) is 3.19. The van der Waals surface area contributed by atoms with Crippen molar-refractivity contribution in [2.75, 3.05) is 27.7 Å². The minimum absolute atomic E-state index is 0.0436. The predicted molar refractivity (Wildman–Crippen MR) is 111 cm³/mol. The van der Waals surface area contributed by atoms with Gasteiger partial charge in [0.1, 0.15) is 5.75 Å². The summed E-state index contributed by atoms with van der Waals surface area (Å²) in [5, 5.41) is 6.85. The third-order valence-electron chi connectivity index (χ3n) is 4.45. The second kappa shape index (κ2) is 9.03. The Balaban J connectivity index is 1.71. The molecule has 0 unspecified atom stereocenters. The zero-order chi connectivity index (χ0) is 20.1. The Morgan fingerprint density at radius 2 is 1.93 bits per heavy atom. The largest absolute Gasteiger partial charge is 0.496 e. The van der Waals surface area contributed by atoms with E-state index >= 15 is 0 Å². The van der Waals surface area contributed by atoms with E-state index in [2.05, 4.69) is 26.4 Å². The summed E-state index contributed by atoms with van der Waals surface area (Å²) >= 11 is 3.40. The van der Waals surface area contributed by atoms with Gasteiger partial charge in [-0.25, -0.2) is 0 Å². The average molecular weight is 444 g/mol. The van der Waals surface area contributed by atoms with Gasteiger partial charge in [0.2, 0.25) is 0 Å². The molecular weight excluding hydrogens is 422 g/mol. The summed E-state index contributed by atoms with van der Waals surface area (Å²) in [6.07, 6.45) is 0. The molecule has 1 amide bonds. The second-order valence-electron chi connectivity index (χ2n) is 6.51. The number of carbonyl (C=O) groups is 1. The molecule has 1 N–H and O–H groups in total. The smallest absolute Gasteiger partial charge is 0.273 e. The molecule has 1 atom stereocenters. The third-order valence-corrected chi connectivity index (χ3v) is 4.98. The summed E-state index contributed by atoms with van der Waals surface area (Å²) < 4.78 is 11.8. The monoisotopic (exact) mass is 443 g/mol. The van der Waals surface area contributed by atoms with Crippen LogP contribution >= 0.6 is 15.9 Å². The minimum atomic E-state index is -0.283. The molecule has 0 radical (unpaired) electrons. The van der Waals surface area contributed by atoms with Gasteiger partial charge < -0.3 is 19.5 Å². The van der Waals surface area contributed by atoms with Crippen molar-refractivity contribution < 1.29 is 14.1 Å². The summed E-state index contributed by atoms with van der Waals surface area (Å²) in [4.78, 5) is 14.6. The van der Waals surface area contributed by atoms with E-state index in [0.29, 0.717) is 12.3 Å². The molecule has 3 aromatic rings. The van der Waals surface area contributed by atoms with E-state index in [-0.39, 0.29) is 17.6 Å². The Kier molecular flexibility index (Phi) is 6.49. The second-order valence-corrected chi connectivity index (χ2v) is 7.43. The summed E-state index contributed by atoms with van der Waals surface area (Å²) in [5.74, 6) is 1.05. The zero-order valence-electron chi connectivity index (χ0n) is 16.0. The van der Waals surface area contributed by atoms with Gasteiger partial charge in [-0.05, 0) is 32.3 Å². The number of benzene rings is 2. The molecule has 1 aromatic heterocycles. The highest BCUT2D eigenvalue weighted by Gasteiger charge is 2.20. The molecule has 0 spiro atoms. The van der Waals surface area contributed by atoms with Crippen molar-refractivity contribution in [3.8, 4) is 17.1 Å². The number of likely N-dealkylation sites (N-methyl/N-ethyl adjacent to an activating group) is 1. The fraction of sp³-hybridized carbons (Fsp3) is 0.238. The number of aromatic nitrogens is 1. The van der Waals surface area contributed by atoms with Crippen LogP contribution in [0.5, 0.6) is 5.75 Å². The molecule has 0 saturated carbocycles. The van der Waals surface area contributed by atoms with Crippen LogP contribution < -0.4 is 10.1 Å². The first-order chi connectivity index (χ1) is 13.5. The number of nitrogens with zero attached hydrogens (tertiary/aromatic N) is 2. The number of amides is 1. The molecule has 0 fully saturated rings. The molecule has 6 nitrogen and oxygen atoms in total. The van der Waals surface area contributed by atoms with Crippen molar-refractivity contribution in [1.29, 1.82) is 0 Å². The number of hydrogen-bond donors (Lipinski definition) is 1. The van der Waals surface area contributed by atoms with Gasteiger partial charge in [0.25, 0.3) is 5.91 Å². The summed E-state index contributed by atoms with van der Waals surface area (Å²) in [6.45, 7) is 0.409. The van der Waals surface area contributed by atoms with E-state index in [4.69, 9.17) is 9.26 Å². The van der Waals surface area contributed by atoms with Gasteiger partial charge in [0, 0.05) is 28.2 Å². The van der Waals surface area contributed by atoms with E-state index < -0.39 is 0 Å². The van der Waals surface area contributed by atoms with Crippen LogP contribution in [0.1, 0.15) is 22.1 Å². The van der Waals surface area contributed by atoms with Gasteiger partial charge in [0.05, 0.1) is 13.2 Å². The molecular formula is C21H22BrN3O3. The van der Waals surface area contributed by atoms with Crippen molar-refractivity contribution in [1.82, 2.24) is 15.4 Å². The number of rotatable bonds is 7. The normalized spacial score (nSPS) is 12.0. The van der Waals surface area contributed by atoms with Crippen LogP contribution in [0.4, 0.5) is 0 Å². The molecule has 2 aromatic carbocycles. The van der Waals surface area contributed by atoms with Crippen LogP contribution in [-0.4, -0.2) is 43.7 Å². The maximum atomic E-state index is 12.6. The van der Waals surface area contributed by atoms with Crippen molar-refractivity contribution >= 4 is 21.8 Å². The highest BCUT2D eigenvalue weighted by molar-refractivity contribution is 9.10. The Bertz CT molecular complexity index is 938. The van der Waals surface area contributed by atoms with Crippen molar-refractivity contribution in [3.63, 3.8) is 0 Å². The maximum Gasteiger partial charge on any atom is 0.273 e. The van der Waals surface area contributed by atoms with E-state index in [1.807, 2.05) is 67.5 Å². The molecule has 7 heteroatoms. The summed E-state index contributed by atoms with van der Waals surface area (Å²) in [6, 6.07) is 17.0. The lowest BCUT2D eigenvalue weighted by Gasteiger charge is -2.26. The van der Waals surface area contributed by atoms with Crippen LogP contribution in [-0.2, 0) is 0 Å². The van der Waals surface area contributed by atoms with Gasteiger partial charge in [-0.15, -0.1) is 0 Å². The van der Waals surface area contributed by atoms with Gasteiger partial charge in [-0.3, -0.25) is 4.79 Å². The molecule has 0 aliphatic heterocycles. The minimum Gasteiger partial charge on any atom is -0.496 e. The first-order valence-corrected chi connectivity index (χ1v) is 9.59. The number of ether oxygens (including phenoxy) is 1. The SMILES string of the molecule is COc1ccccc1[C@@H](CNC(=O)c1cc(-c2ccc(Br)cc2)on1)N(C)C. The molecule has 0 aliphatic carbocycles. The summed E-state index contributed by atoms with van der Waals surface area (Å²) in [5.41, 5.74) is 2.11. The van der Waals surface area contributed by atoms with E-state index in [1.54, 1.807) is 13.2 Å². The third kappa shape index (κ3) is 4.61. The van der Waals surface area contributed by atoms with Crippen LogP contribution in [0, 0.1) is 0 Å². The standard InChI is InChI=1S/C21H22BrN3O3/c1-25(2)18(16-6-4-5-7-19(16)27-3)13-23-21(26)17-12-20(28-24-17)14-8-10-15(22)11-9-14/h4-12,18H,13H2,1-3H3,(H,23,26)/t18-/m1/s1. The maximum absolute atomic E-state index is 12.6. The first kappa shape index (κ1) is 20.1. The van der Waals surface area contributed by atoms with Crippen molar-refractivity contribution in [2.24, 2.45) is 0 Å². The van der Waals surface area contributed by atoms with Crippen LogP contribution in [0.25, 0.3) is 11.3 Å². The van der Waals surface area contributed by atoms with E-state index in [9.17, 15) is 4.79 Å². The predicted octanol–water partition coefficient (Wildman–Crippen LogP) is 4.15. The molecule has 146 valence electrons. The molecule has 0 bridgehead atoms.